The summed E-state index contributed by atoms with van der Waals surface area (Å²) in [7, 11) is 1.67. The van der Waals surface area contributed by atoms with Gasteiger partial charge in [-0.15, -0.1) is 0 Å². The minimum atomic E-state index is -0.0900. The molecule has 0 aromatic heterocycles. The number of carbonyl (C=O) groups excluding carboxylic acids is 1. The maximum atomic E-state index is 12.1. The molecule has 2 N–H and O–H groups in total. The van der Waals surface area contributed by atoms with Gasteiger partial charge < -0.3 is 20.3 Å². The van der Waals surface area contributed by atoms with Crippen molar-refractivity contribution in [3.63, 3.8) is 0 Å². The van der Waals surface area contributed by atoms with Gasteiger partial charge in [-0.05, 0) is 56.2 Å². The minimum absolute atomic E-state index is 0.0510. The van der Waals surface area contributed by atoms with Crippen LogP contribution in [0.25, 0.3) is 0 Å². The Labute approximate surface area is 158 Å². The summed E-state index contributed by atoms with van der Waals surface area (Å²) in [6, 6.07) is 7.90. The van der Waals surface area contributed by atoms with Crippen LogP contribution in [-0.2, 0) is 6.42 Å². The third-order valence-electron chi connectivity index (χ3n) is 4.98. The fourth-order valence-corrected chi connectivity index (χ4v) is 4.01. The molecule has 0 saturated carbocycles. The standard InChI is InChI=1S/C21H35N3O2/c1-16-12-17(2)15-24(14-16)11-7-10-22-21(25)23-18(3)13-19-8-5-6-9-20(19)26-4/h5-6,8-9,16-18H,7,10-15H2,1-4H3,(H2,22,23,25)/t16-,17+,18-/m1/s1. The summed E-state index contributed by atoms with van der Waals surface area (Å²) < 4.78 is 5.37. The zero-order valence-corrected chi connectivity index (χ0v) is 16.8. The molecule has 0 radical (unpaired) electrons. The van der Waals surface area contributed by atoms with Crippen LogP contribution in [0.1, 0.15) is 39.2 Å². The van der Waals surface area contributed by atoms with Gasteiger partial charge in [-0.2, -0.15) is 0 Å². The van der Waals surface area contributed by atoms with E-state index in [0.29, 0.717) is 6.54 Å². The van der Waals surface area contributed by atoms with Gasteiger partial charge in [0.1, 0.15) is 5.75 Å². The number of likely N-dealkylation sites (tertiary alicyclic amines) is 1. The largest absolute Gasteiger partial charge is 0.496 e. The van der Waals surface area contributed by atoms with Crippen LogP contribution in [-0.4, -0.2) is 50.3 Å². The van der Waals surface area contributed by atoms with Gasteiger partial charge in [0, 0.05) is 25.7 Å². The van der Waals surface area contributed by atoms with E-state index in [1.54, 1.807) is 7.11 Å². The molecule has 1 aliphatic rings. The van der Waals surface area contributed by atoms with Crippen molar-refractivity contribution in [2.45, 2.75) is 46.1 Å². The molecular formula is C21H35N3O2. The quantitative estimate of drug-likeness (QED) is 0.699. The molecule has 0 unspecified atom stereocenters. The summed E-state index contributed by atoms with van der Waals surface area (Å²) in [5.41, 5.74) is 1.11. The van der Waals surface area contributed by atoms with E-state index >= 15 is 0 Å². The summed E-state index contributed by atoms with van der Waals surface area (Å²) in [6.07, 6.45) is 3.08. The van der Waals surface area contributed by atoms with E-state index in [9.17, 15) is 4.79 Å². The number of rotatable bonds is 8. The smallest absolute Gasteiger partial charge is 0.315 e. The summed E-state index contributed by atoms with van der Waals surface area (Å²) in [5.74, 6) is 2.43. The predicted octanol–water partition coefficient (Wildman–Crippen LogP) is 3.29. The number of hydrogen-bond donors (Lipinski definition) is 2. The number of amides is 2. The van der Waals surface area contributed by atoms with Crippen molar-refractivity contribution in [2.24, 2.45) is 11.8 Å². The SMILES string of the molecule is COc1ccccc1C[C@@H](C)NC(=O)NCCCN1C[C@H](C)C[C@H](C)C1. The van der Waals surface area contributed by atoms with Crippen molar-refractivity contribution in [1.29, 1.82) is 0 Å². The predicted molar refractivity (Wildman–Crippen MR) is 107 cm³/mol. The van der Waals surface area contributed by atoms with E-state index in [2.05, 4.69) is 29.4 Å². The van der Waals surface area contributed by atoms with E-state index < -0.39 is 0 Å². The second kappa shape index (κ2) is 10.4. The Hall–Kier alpha value is -1.75. The molecule has 1 fully saturated rings. The highest BCUT2D eigenvalue weighted by atomic mass is 16.5. The lowest BCUT2D eigenvalue weighted by Gasteiger charge is -2.34. The minimum Gasteiger partial charge on any atom is -0.496 e. The van der Waals surface area contributed by atoms with Gasteiger partial charge in [0.15, 0.2) is 0 Å². The molecular weight excluding hydrogens is 326 g/mol. The summed E-state index contributed by atoms with van der Waals surface area (Å²) in [4.78, 5) is 14.6. The molecule has 2 rings (SSSR count). The van der Waals surface area contributed by atoms with Crippen LogP contribution in [0, 0.1) is 11.8 Å². The number of nitrogens with one attached hydrogen (secondary N) is 2. The lowest BCUT2D eigenvalue weighted by atomic mass is 9.92. The first-order valence-electron chi connectivity index (χ1n) is 9.86. The van der Waals surface area contributed by atoms with E-state index in [0.717, 1.165) is 42.5 Å². The fourth-order valence-electron chi connectivity index (χ4n) is 4.01. The summed E-state index contributed by atoms with van der Waals surface area (Å²) in [5, 5.41) is 6.00. The lowest BCUT2D eigenvalue weighted by Crippen LogP contribution is -2.43. The van der Waals surface area contributed by atoms with Gasteiger partial charge >= 0.3 is 6.03 Å². The maximum absolute atomic E-state index is 12.1. The van der Waals surface area contributed by atoms with Gasteiger partial charge in [-0.1, -0.05) is 32.0 Å². The number of hydrogen-bond acceptors (Lipinski definition) is 3. The van der Waals surface area contributed by atoms with Crippen LogP contribution in [0.2, 0.25) is 0 Å². The highest BCUT2D eigenvalue weighted by Crippen LogP contribution is 2.21. The number of benzene rings is 1. The average molecular weight is 362 g/mol. The molecule has 0 bridgehead atoms. The zero-order valence-electron chi connectivity index (χ0n) is 16.8. The molecule has 1 heterocycles. The normalized spacial score (nSPS) is 21.8. The molecule has 1 aliphatic heterocycles. The van der Waals surface area contributed by atoms with Gasteiger partial charge in [0.25, 0.3) is 0 Å². The Morgan fingerprint density at radius 3 is 2.65 bits per heavy atom. The Morgan fingerprint density at radius 2 is 1.96 bits per heavy atom. The topological polar surface area (TPSA) is 53.6 Å². The highest BCUT2D eigenvalue weighted by molar-refractivity contribution is 5.74. The Morgan fingerprint density at radius 1 is 1.27 bits per heavy atom. The second-order valence-corrected chi connectivity index (χ2v) is 7.88. The van der Waals surface area contributed by atoms with Gasteiger partial charge in [-0.3, -0.25) is 0 Å². The highest BCUT2D eigenvalue weighted by Gasteiger charge is 2.21. The summed E-state index contributed by atoms with van der Waals surface area (Å²) >= 11 is 0. The summed E-state index contributed by atoms with van der Waals surface area (Å²) in [6.45, 7) is 10.8. The molecule has 5 nitrogen and oxygen atoms in total. The van der Waals surface area contributed by atoms with E-state index in [1.807, 2.05) is 31.2 Å². The number of piperidine rings is 1. The number of urea groups is 1. The molecule has 26 heavy (non-hydrogen) atoms. The van der Waals surface area contributed by atoms with Crippen molar-refractivity contribution in [1.82, 2.24) is 15.5 Å². The first kappa shape index (κ1) is 20.6. The zero-order chi connectivity index (χ0) is 18.9. The van der Waals surface area contributed by atoms with E-state index in [4.69, 9.17) is 4.74 Å². The lowest BCUT2D eigenvalue weighted by molar-refractivity contribution is 0.139. The average Bonchev–Trinajstić information content (AvgIpc) is 2.58. The third kappa shape index (κ3) is 6.87. The van der Waals surface area contributed by atoms with Gasteiger partial charge in [0.05, 0.1) is 7.11 Å². The van der Waals surface area contributed by atoms with Crippen molar-refractivity contribution < 1.29 is 9.53 Å². The van der Waals surface area contributed by atoms with Crippen LogP contribution in [0.15, 0.2) is 24.3 Å². The molecule has 146 valence electrons. The van der Waals surface area contributed by atoms with Crippen LogP contribution in [0.5, 0.6) is 5.75 Å². The number of ether oxygens (including phenoxy) is 1. The number of carbonyl (C=O) groups is 1. The van der Waals surface area contributed by atoms with Gasteiger partial charge in [0.2, 0.25) is 0 Å². The molecule has 2 amide bonds. The van der Waals surface area contributed by atoms with Crippen LogP contribution >= 0.6 is 0 Å². The van der Waals surface area contributed by atoms with Crippen LogP contribution in [0.4, 0.5) is 4.79 Å². The Balaban J connectivity index is 1.64. The van der Waals surface area contributed by atoms with Crippen molar-refractivity contribution in [3.8, 4) is 5.75 Å². The molecule has 5 heteroatoms. The molecule has 0 spiro atoms. The molecule has 0 aliphatic carbocycles. The maximum Gasteiger partial charge on any atom is 0.315 e. The van der Waals surface area contributed by atoms with E-state index in [1.165, 1.54) is 19.5 Å². The van der Waals surface area contributed by atoms with Gasteiger partial charge in [-0.25, -0.2) is 4.79 Å². The number of nitrogens with zero attached hydrogens (tertiary/aromatic N) is 1. The van der Waals surface area contributed by atoms with Crippen molar-refractivity contribution in [2.75, 3.05) is 33.3 Å². The van der Waals surface area contributed by atoms with Crippen molar-refractivity contribution in [3.05, 3.63) is 29.8 Å². The van der Waals surface area contributed by atoms with E-state index in [-0.39, 0.29) is 12.1 Å². The van der Waals surface area contributed by atoms with Crippen molar-refractivity contribution >= 4 is 6.03 Å². The fraction of sp³-hybridized carbons (Fsp3) is 0.667. The second-order valence-electron chi connectivity index (χ2n) is 7.88. The Bertz CT molecular complexity index is 554. The Kier molecular flexibility index (Phi) is 8.23. The monoisotopic (exact) mass is 361 g/mol. The molecule has 1 saturated heterocycles. The molecule has 3 atom stereocenters. The van der Waals surface area contributed by atoms with Crippen LogP contribution < -0.4 is 15.4 Å². The van der Waals surface area contributed by atoms with Crippen LogP contribution in [0.3, 0.4) is 0 Å². The molecule has 1 aromatic carbocycles. The molecule has 1 aromatic rings. The third-order valence-corrected chi connectivity index (χ3v) is 4.98. The number of para-hydroxylation sites is 1. The first-order valence-corrected chi connectivity index (χ1v) is 9.86. The number of methoxy groups -OCH3 is 1. The first-order chi connectivity index (χ1) is 12.5.